The van der Waals surface area contributed by atoms with E-state index < -0.39 is 5.97 Å². The van der Waals surface area contributed by atoms with Crippen molar-refractivity contribution in [2.45, 2.75) is 26.7 Å². The molecule has 0 fully saturated rings. The number of carboxylic acids is 1. The maximum atomic E-state index is 10.9. The van der Waals surface area contributed by atoms with Gasteiger partial charge >= 0.3 is 5.97 Å². The smallest absolute Gasteiger partial charge is 0.337 e. The fourth-order valence-electron chi connectivity index (χ4n) is 1.40. The van der Waals surface area contributed by atoms with Crippen LogP contribution in [0.1, 0.15) is 36.2 Å². The quantitative estimate of drug-likeness (QED) is 0.780. The van der Waals surface area contributed by atoms with Crippen LogP contribution in [0.5, 0.6) is 0 Å². The maximum Gasteiger partial charge on any atom is 0.337 e. The first-order chi connectivity index (χ1) is 7.19. The summed E-state index contributed by atoms with van der Waals surface area (Å²) in [6.45, 7) is 4.91. The molecule has 0 aliphatic rings. The first-order valence-electron chi connectivity index (χ1n) is 5.29. The van der Waals surface area contributed by atoms with Crippen molar-refractivity contribution in [3.05, 3.63) is 29.3 Å². The van der Waals surface area contributed by atoms with Crippen molar-refractivity contribution < 1.29 is 9.90 Å². The summed E-state index contributed by atoms with van der Waals surface area (Å²) in [4.78, 5) is 10.9. The van der Waals surface area contributed by atoms with Crippen LogP contribution in [0.2, 0.25) is 0 Å². The third kappa shape index (κ3) is 2.98. The van der Waals surface area contributed by atoms with Crippen LogP contribution in [0.4, 0.5) is 5.69 Å². The molecule has 0 radical (unpaired) electrons. The van der Waals surface area contributed by atoms with E-state index in [1.807, 2.05) is 12.1 Å². The Morgan fingerprint density at radius 2 is 2.13 bits per heavy atom. The third-order valence-corrected chi connectivity index (χ3v) is 2.29. The van der Waals surface area contributed by atoms with Gasteiger partial charge < -0.3 is 10.4 Å². The third-order valence-electron chi connectivity index (χ3n) is 2.29. The Kier molecular flexibility index (Phi) is 4.16. The number of benzene rings is 1. The topological polar surface area (TPSA) is 49.3 Å². The van der Waals surface area contributed by atoms with E-state index in [4.69, 9.17) is 5.11 Å². The zero-order chi connectivity index (χ0) is 11.3. The van der Waals surface area contributed by atoms with E-state index >= 15 is 0 Å². The van der Waals surface area contributed by atoms with Gasteiger partial charge in [-0.1, -0.05) is 19.9 Å². The number of carbonyl (C=O) groups is 1. The molecule has 3 nitrogen and oxygen atoms in total. The molecule has 0 aliphatic heterocycles. The maximum absolute atomic E-state index is 10.9. The minimum Gasteiger partial charge on any atom is -0.478 e. The van der Waals surface area contributed by atoms with E-state index in [9.17, 15) is 4.79 Å². The molecule has 1 rings (SSSR count). The molecule has 0 amide bonds. The molecule has 0 aromatic heterocycles. The van der Waals surface area contributed by atoms with Gasteiger partial charge in [-0.25, -0.2) is 4.79 Å². The van der Waals surface area contributed by atoms with E-state index in [2.05, 4.69) is 19.2 Å². The standard InChI is InChI=1S/C12H17NO2/c1-3-7-13-11-8-9(4-2)5-6-10(11)12(14)15/h5-6,8,13H,3-4,7H2,1-2H3,(H,14,15). The summed E-state index contributed by atoms with van der Waals surface area (Å²) < 4.78 is 0. The predicted molar refractivity (Wildman–Crippen MR) is 61.6 cm³/mol. The summed E-state index contributed by atoms with van der Waals surface area (Å²) in [5.74, 6) is -0.878. The van der Waals surface area contributed by atoms with Gasteiger partial charge in [0.2, 0.25) is 0 Å². The Morgan fingerprint density at radius 3 is 2.67 bits per heavy atom. The highest BCUT2D eigenvalue weighted by atomic mass is 16.4. The lowest BCUT2D eigenvalue weighted by atomic mass is 10.1. The lowest BCUT2D eigenvalue weighted by Gasteiger charge is -2.10. The number of rotatable bonds is 5. The Balaban J connectivity index is 2.99. The first kappa shape index (κ1) is 11.6. The van der Waals surface area contributed by atoms with Crippen LogP contribution < -0.4 is 5.32 Å². The van der Waals surface area contributed by atoms with E-state index in [1.165, 1.54) is 0 Å². The molecule has 82 valence electrons. The number of hydrogen-bond donors (Lipinski definition) is 2. The highest BCUT2D eigenvalue weighted by Crippen LogP contribution is 2.18. The highest BCUT2D eigenvalue weighted by molar-refractivity contribution is 5.94. The molecule has 0 saturated heterocycles. The number of anilines is 1. The van der Waals surface area contributed by atoms with Gasteiger partial charge in [0, 0.05) is 12.2 Å². The molecule has 1 aromatic carbocycles. The van der Waals surface area contributed by atoms with E-state index in [0.717, 1.165) is 30.6 Å². The van der Waals surface area contributed by atoms with Gasteiger partial charge in [-0.3, -0.25) is 0 Å². The Labute approximate surface area is 90.1 Å². The predicted octanol–water partition coefficient (Wildman–Crippen LogP) is 2.77. The van der Waals surface area contributed by atoms with Crippen molar-refractivity contribution in [3.8, 4) is 0 Å². The lowest BCUT2D eigenvalue weighted by molar-refractivity contribution is 0.0698. The molecular formula is C12H17NO2. The second-order valence-electron chi connectivity index (χ2n) is 3.47. The molecule has 0 unspecified atom stereocenters. The van der Waals surface area contributed by atoms with Gasteiger partial charge in [-0.15, -0.1) is 0 Å². The monoisotopic (exact) mass is 207 g/mol. The van der Waals surface area contributed by atoms with Crippen LogP contribution in [-0.4, -0.2) is 17.6 Å². The molecule has 0 aliphatic carbocycles. The van der Waals surface area contributed by atoms with Crippen LogP contribution >= 0.6 is 0 Å². The summed E-state index contributed by atoms with van der Waals surface area (Å²) >= 11 is 0. The van der Waals surface area contributed by atoms with Gasteiger partial charge in [0.25, 0.3) is 0 Å². The second kappa shape index (κ2) is 5.39. The zero-order valence-corrected chi connectivity index (χ0v) is 9.21. The summed E-state index contributed by atoms with van der Waals surface area (Å²) in [6.07, 6.45) is 1.90. The molecule has 0 bridgehead atoms. The Bertz CT molecular complexity index is 347. The van der Waals surface area contributed by atoms with Gasteiger partial charge in [0.05, 0.1) is 5.56 Å². The van der Waals surface area contributed by atoms with Crippen molar-refractivity contribution in [2.75, 3.05) is 11.9 Å². The number of carboxylic acid groups (broad SMARTS) is 1. The largest absolute Gasteiger partial charge is 0.478 e. The average molecular weight is 207 g/mol. The summed E-state index contributed by atoms with van der Waals surface area (Å²) in [5.41, 5.74) is 2.22. The molecule has 0 atom stereocenters. The van der Waals surface area contributed by atoms with Crippen molar-refractivity contribution in [3.63, 3.8) is 0 Å². The fraction of sp³-hybridized carbons (Fsp3) is 0.417. The van der Waals surface area contributed by atoms with Crippen molar-refractivity contribution in [1.29, 1.82) is 0 Å². The lowest BCUT2D eigenvalue weighted by Crippen LogP contribution is -2.07. The van der Waals surface area contributed by atoms with Gasteiger partial charge in [0.1, 0.15) is 0 Å². The summed E-state index contributed by atoms with van der Waals surface area (Å²) in [5, 5.41) is 12.1. The summed E-state index contributed by atoms with van der Waals surface area (Å²) in [6, 6.07) is 5.44. The molecular weight excluding hydrogens is 190 g/mol. The number of aromatic carboxylic acids is 1. The minimum absolute atomic E-state index is 0.348. The minimum atomic E-state index is -0.878. The van der Waals surface area contributed by atoms with E-state index in [1.54, 1.807) is 6.07 Å². The zero-order valence-electron chi connectivity index (χ0n) is 9.21. The van der Waals surface area contributed by atoms with E-state index in [-0.39, 0.29) is 0 Å². The second-order valence-corrected chi connectivity index (χ2v) is 3.47. The number of aryl methyl sites for hydroxylation is 1. The molecule has 15 heavy (non-hydrogen) atoms. The van der Waals surface area contributed by atoms with Crippen molar-refractivity contribution in [1.82, 2.24) is 0 Å². The van der Waals surface area contributed by atoms with Crippen LogP contribution in [-0.2, 0) is 6.42 Å². The van der Waals surface area contributed by atoms with Crippen LogP contribution in [0.25, 0.3) is 0 Å². The van der Waals surface area contributed by atoms with Gasteiger partial charge in [-0.05, 0) is 30.5 Å². The van der Waals surface area contributed by atoms with Crippen molar-refractivity contribution in [2.24, 2.45) is 0 Å². The van der Waals surface area contributed by atoms with Crippen LogP contribution in [0, 0.1) is 0 Å². The molecule has 2 N–H and O–H groups in total. The summed E-state index contributed by atoms with van der Waals surface area (Å²) in [7, 11) is 0. The molecule has 1 aromatic rings. The fourth-order valence-corrected chi connectivity index (χ4v) is 1.40. The Morgan fingerprint density at radius 1 is 1.40 bits per heavy atom. The number of hydrogen-bond acceptors (Lipinski definition) is 2. The molecule has 3 heteroatoms. The van der Waals surface area contributed by atoms with Crippen LogP contribution in [0.15, 0.2) is 18.2 Å². The molecule has 0 spiro atoms. The van der Waals surface area contributed by atoms with Crippen LogP contribution in [0.3, 0.4) is 0 Å². The number of nitrogens with one attached hydrogen (secondary N) is 1. The average Bonchev–Trinajstić information content (AvgIpc) is 2.25. The van der Waals surface area contributed by atoms with E-state index in [0.29, 0.717) is 5.56 Å². The Hall–Kier alpha value is -1.51. The van der Waals surface area contributed by atoms with Crippen molar-refractivity contribution >= 4 is 11.7 Å². The normalized spacial score (nSPS) is 10.0. The SMILES string of the molecule is CCCNc1cc(CC)ccc1C(=O)O. The molecule has 0 saturated carbocycles. The van der Waals surface area contributed by atoms with Gasteiger partial charge in [0.15, 0.2) is 0 Å². The first-order valence-corrected chi connectivity index (χ1v) is 5.29. The highest BCUT2D eigenvalue weighted by Gasteiger charge is 2.09. The van der Waals surface area contributed by atoms with Gasteiger partial charge in [-0.2, -0.15) is 0 Å². The molecule has 0 heterocycles.